The zero-order valence-corrected chi connectivity index (χ0v) is 12.2. The average molecular weight is 300 g/mol. The number of amides is 2. The van der Waals surface area contributed by atoms with E-state index in [0.29, 0.717) is 35.3 Å². The highest BCUT2D eigenvalue weighted by Crippen LogP contribution is 2.36. The van der Waals surface area contributed by atoms with Gasteiger partial charge in [-0.05, 0) is 31.0 Å². The molecule has 0 aromatic heterocycles. The van der Waals surface area contributed by atoms with Crippen molar-refractivity contribution in [1.82, 2.24) is 5.43 Å². The largest absolute Gasteiger partial charge is 0.490 e. The summed E-state index contributed by atoms with van der Waals surface area (Å²) in [5, 5.41) is 4.09. The highest BCUT2D eigenvalue weighted by Gasteiger charge is 2.11. The molecule has 20 heavy (non-hydrogen) atoms. The monoisotopic (exact) mass is 299 g/mol. The zero-order valence-electron chi connectivity index (χ0n) is 11.5. The van der Waals surface area contributed by atoms with Crippen molar-refractivity contribution in [3.05, 3.63) is 22.7 Å². The molecule has 7 heteroatoms. The summed E-state index contributed by atoms with van der Waals surface area (Å²) >= 11 is 6.17. The van der Waals surface area contributed by atoms with Crippen molar-refractivity contribution in [2.45, 2.75) is 20.3 Å². The number of ether oxygens (including phenoxy) is 2. The Labute approximate surface area is 122 Å². The normalized spacial score (nSPS) is 10.6. The van der Waals surface area contributed by atoms with Crippen LogP contribution in [-0.2, 0) is 0 Å². The summed E-state index contributed by atoms with van der Waals surface area (Å²) in [5.74, 6) is 1.05. The topological polar surface area (TPSA) is 85.9 Å². The van der Waals surface area contributed by atoms with Gasteiger partial charge < -0.3 is 15.2 Å². The van der Waals surface area contributed by atoms with Crippen LogP contribution >= 0.6 is 11.6 Å². The number of primary amides is 1. The number of carbonyl (C=O) groups is 1. The van der Waals surface area contributed by atoms with Gasteiger partial charge in [0.1, 0.15) is 0 Å². The minimum atomic E-state index is -0.736. The van der Waals surface area contributed by atoms with E-state index in [2.05, 4.69) is 10.5 Å². The Balaban J connectivity index is 2.99. The van der Waals surface area contributed by atoms with Crippen molar-refractivity contribution in [3.8, 4) is 11.5 Å². The Morgan fingerprint density at radius 1 is 1.45 bits per heavy atom. The summed E-state index contributed by atoms with van der Waals surface area (Å²) < 4.78 is 11.1. The molecule has 1 aromatic rings. The summed E-state index contributed by atoms with van der Waals surface area (Å²) in [6.45, 7) is 4.91. The predicted octanol–water partition coefficient (Wildman–Crippen LogP) is 2.53. The van der Waals surface area contributed by atoms with Gasteiger partial charge in [0.05, 0.1) is 24.5 Å². The van der Waals surface area contributed by atoms with Crippen molar-refractivity contribution in [2.75, 3.05) is 13.2 Å². The van der Waals surface area contributed by atoms with Gasteiger partial charge in [-0.15, -0.1) is 0 Å². The maximum atomic E-state index is 10.5. The molecule has 0 spiro atoms. The molecule has 0 heterocycles. The second-order valence-electron chi connectivity index (χ2n) is 3.85. The molecule has 0 aliphatic carbocycles. The maximum absolute atomic E-state index is 10.5. The molecule has 0 saturated carbocycles. The molecule has 0 radical (unpaired) electrons. The lowest BCUT2D eigenvalue weighted by atomic mass is 10.2. The summed E-state index contributed by atoms with van der Waals surface area (Å²) in [4.78, 5) is 10.5. The van der Waals surface area contributed by atoms with Crippen molar-refractivity contribution < 1.29 is 14.3 Å². The minimum Gasteiger partial charge on any atom is -0.490 e. The molecule has 0 unspecified atom stereocenters. The van der Waals surface area contributed by atoms with E-state index in [4.69, 9.17) is 26.8 Å². The molecule has 0 aliphatic heterocycles. The molecule has 110 valence electrons. The molecule has 1 aromatic carbocycles. The van der Waals surface area contributed by atoms with E-state index in [1.54, 1.807) is 12.1 Å². The Hall–Kier alpha value is -1.95. The van der Waals surface area contributed by atoms with E-state index in [1.807, 2.05) is 13.8 Å². The summed E-state index contributed by atoms with van der Waals surface area (Å²) in [5.41, 5.74) is 7.68. The van der Waals surface area contributed by atoms with Crippen molar-refractivity contribution in [2.24, 2.45) is 10.8 Å². The van der Waals surface area contributed by atoms with E-state index in [0.717, 1.165) is 6.42 Å². The van der Waals surface area contributed by atoms with Crippen LogP contribution in [0.2, 0.25) is 5.02 Å². The first-order chi connectivity index (χ1) is 9.58. The number of hydrogen-bond donors (Lipinski definition) is 2. The fourth-order valence-electron chi connectivity index (χ4n) is 1.44. The third-order valence-corrected chi connectivity index (χ3v) is 2.45. The van der Waals surface area contributed by atoms with Crippen LogP contribution in [0.3, 0.4) is 0 Å². The van der Waals surface area contributed by atoms with Crippen LogP contribution < -0.4 is 20.6 Å². The lowest BCUT2D eigenvalue weighted by Crippen LogP contribution is -2.24. The van der Waals surface area contributed by atoms with E-state index < -0.39 is 6.03 Å². The fourth-order valence-corrected chi connectivity index (χ4v) is 1.71. The quantitative estimate of drug-likeness (QED) is 0.599. The molecule has 3 N–H and O–H groups in total. The number of halogens is 1. The summed E-state index contributed by atoms with van der Waals surface area (Å²) in [6, 6.07) is 2.66. The molecular formula is C13H18ClN3O3. The zero-order chi connectivity index (χ0) is 15.0. The number of hydrogen-bond acceptors (Lipinski definition) is 4. The number of nitrogens with one attached hydrogen (secondary N) is 1. The molecule has 0 atom stereocenters. The van der Waals surface area contributed by atoms with Gasteiger partial charge in [0.15, 0.2) is 11.5 Å². The first-order valence-corrected chi connectivity index (χ1v) is 6.63. The van der Waals surface area contributed by atoms with Gasteiger partial charge >= 0.3 is 6.03 Å². The molecule has 0 aliphatic rings. The Bertz CT molecular complexity index is 492. The van der Waals surface area contributed by atoms with Crippen molar-refractivity contribution in [1.29, 1.82) is 0 Å². The summed E-state index contributed by atoms with van der Waals surface area (Å²) in [7, 11) is 0. The summed E-state index contributed by atoms with van der Waals surface area (Å²) in [6.07, 6.45) is 2.29. The Kier molecular flexibility index (Phi) is 6.66. The number of urea groups is 1. The van der Waals surface area contributed by atoms with Gasteiger partial charge in [-0.25, -0.2) is 10.2 Å². The molecule has 1 rings (SSSR count). The molecular weight excluding hydrogens is 282 g/mol. The van der Waals surface area contributed by atoms with E-state index in [-0.39, 0.29) is 0 Å². The molecule has 2 amide bonds. The SMILES string of the molecule is CCCOc1c(Cl)cc(/C=N\NC(N)=O)cc1OCC. The second-order valence-corrected chi connectivity index (χ2v) is 4.25. The molecule has 0 fully saturated rings. The number of hydrazone groups is 1. The van der Waals surface area contributed by atoms with Gasteiger partial charge in [0, 0.05) is 0 Å². The number of nitrogens with two attached hydrogens (primary N) is 1. The van der Waals surface area contributed by atoms with E-state index in [9.17, 15) is 4.79 Å². The first kappa shape index (κ1) is 16.1. The van der Waals surface area contributed by atoms with Gasteiger partial charge in [-0.1, -0.05) is 18.5 Å². The lowest BCUT2D eigenvalue weighted by molar-refractivity contribution is 0.249. The van der Waals surface area contributed by atoms with Gasteiger partial charge in [0.25, 0.3) is 0 Å². The first-order valence-electron chi connectivity index (χ1n) is 6.26. The number of nitrogens with zero attached hydrogens (tertiary/aromatic N) is 1. The molecule has 0 saturated heterocycles. The van der Waals surface area contributed by atoms with Gasteiger partial charge in [-0.2, -0.15) is 5.10 Å². The van der Waals surface area contributed by atoms with Crippen LogP contribution in [0.1, 0.15) is 25.8 Å². The highest BCUT2D eigenvalue weighted by atomic mass is 35.5. The van der Waals surface area contributed by atoms with Gasteiger partial charge in [-0.3, -0.25) is 0 Å². The Morgan fingerprint density at radius 3 is 2.80 bits per heavy atom. The lowest BCUT2D eigenvalue weighted by Gasteiger charge is -2.13. The van der Waals surface area contributed by atoms with Crippen LogP contribution in [0.15, 0.2) is 17.2 Å². The standard InChI is InChI=1S/C13H18ClN3O3/c1-3-5-20-12-10(14)6-9(7-11(12)19-4-2)8-16-17-13(15)18/h6-8H,3-5H2,1-2H3,(H3,15,17,18)/b16-8-. The average Bonchev–Trinajstić information content (AvgIpc) is 2.38. The van der Waals surface area contributed by atoms with Crippen molar-refractivity contribution in [3.63, 3.8) is 0 Å². The Morgan fingerprint density at radius 2 is 2.20 bits per heavy atom. The third-order valence-electron chi connectivity index (χ3n) is 2.17. The van der Waals surface area contributed by atoms with E-state index in [1.165, 1.54) is 6.21 Å². The second kappa shape index (κ2) is 8.27. The number of carbonyl (C=O) groups excluding carboxylic acids is 1. The third kappa shape index (κ3) is 4.97. The predicted molar refractivity (Wildman–Crippen MR) is 78.7 cm³/mol. The van der Waals surface area contributed by atoms with Crippen LogP contribution in [-0.4, -0.2) is 25.5 Å². The number of benzene rings is 1. The van der Waals surface area contributed by atoms with Crippen molar-refractivity contribution >= 4 is 23.8 Å². The number of rotatable bonds is 7. The van der Waals surface area contributed by atoms with Crippen LogP contribution in [0, 0.1) is 0 Å². The molecule has 0 bridgehead atoms. The van der Waals surface area contributed by atoms with Crippen LogP contribution in [0.4, 0.5) is 4.79 Å². The fraction of sp³-hybridized carbons (Fsp3) is 0.385. The van der Waals surface area contributed by atoms with Crippen LogP contribution in [0.5, 0.6) is 11.5 Å². The van der Waals surface area contributed by atoms with Gasteiger partial charge in [0.2, 0.25) is 0 Å². The smallest absolute Gasteiger partial charge is 0.332 e. The highest BCUT2D eigenvalue weighted by molar-refractivity contribution is 6.32. The van der Waals surface area contributed by atoms with E-state index >= 15 is 0 Å². The molecule has 6 nitrogen and oxygen atoms in total. The van der Waals surface area contributed by atoms with Crippen LogP contribution in [0.25, 0.3) is 0 Å². The maximum Gasteiger partial charge on any atom is 0.332 e. The minimum absolute atomic E-state index is 0.421.